The first kappa shape index (κ1) is 17.9. The quantitative estimate of drug-likeness (QED) is 0.561. The predicted molar refractivity (Wildman–Crippen MR) is 111 cm³/mol. The van der Waals surface area contributed by atoms with Crippen LogP contribution in [0.4, 0.5) is 0 Å². The van der Waals surface area contributed by atoms with Gasteiger partial charge in [-0.15, -0.1) is 0 Å². The Morgan fingerprint density at radius 2 is 1.86 bits per heavy atom. The molecule has 146 valence electrons. The van der Waals surface area contributed by atoms with Crippen LogP contribution < -0.4 is 4.74 Å². The molecule has 6 nitrogen and oxygen atoms in total. The number of hydrogen-bond donors (Lipinski definition) is 1. The molecular formula is C22H19N3O3S. The van der Waals surface area contributed by atoms with Crippen molar-refractivity contribution in [1.82, 2.24) is 15.0 Å². The summed E-state index contributed by atoms with van der Waals surface area (Å²) in [5.41, 5.74) is 4.94. The molecule has 2 aromatic carbocycles. The SMILES string of the molecule is CS(=O)(=O)c1ccc2c(c1)CC(c1nc3ccc(-c4ccncc4)cc3[nH]1)CO2. The van der Waals surface area contributed by atoms with Crippen LogP contribution in [-0.4, -0.2) is 36.2 Å². The number of nitrogens with zero attached hydrogens (tertiary/aromatic N) is 2. The molecule has 1 aliphatic heterocycles. The lowest BCUT2D eigenvalue weighted by Crippen LogP contribution is -2.20. The molecule has 0 amide bonds. The highest BCUT2D eigenvalue weighted by Crippen LogP contribution is 2.34. The van der Waals surface area contributed by atoms with Gasteiger partial charge in [-0.05, 0) is 65.6 Å². The fourth-order valence-corrected chi connectivity index (χ4v) is 4.40. The third kappa shape index (κ3) is 3.38. The van der Waals surface area contributed by atoms with Crippen LogP contribution in [0.1, 0.15) is 17.3 Å². The van der Waals surface area contributed by atoms with Crippen LogP contribution >= 0.6 is 0 Å². The molecule has 29 heavy (non-hydrogen) atoms. The first-order valence-electron chi connectivity index (χ1n) is 9.33. The maximum atomic E-state index is 11.9. The number of imidazole rings is 1. The maximum absolute atomic E-state index is 11.9. The second-order valence-electron chi connectivity index (χ2n) is 7.34. The second kappa shape index (κ2) is 6.70. The lowest BCUT2D eigenvalue weighted by Gasteiger charge is -2.24. The molecule has 0 saturated heterocycles. The van der Waals surface area contributed by atoms with E-state index in [0.29, 0.717) is 17.9 Å². The topological polar surface area (TPSA) is 84.9 Å². The van der Waals surface area contributed by atoms with Gasteiger partial charge in [-0.2, -0.15) is 0 Å². The van der Waals surface area contributed by atoms with Gasteiger partial charge in [0.25, 0.3) is 0 Å². The van der Waals surface area contributed by atoms with Crippen molar-refractivity contribution in [2.45, 2.75) is 17.2 Å². The van der Waals surface area contributed by atoms with E-state index in [0.717, 1.165) is 39.3 Å². The van der Waals surface area contributed by atoms with E-state index in [4.69, 9.17) is 9.72 Å². The summed E-state index contributed by atoms with van der Waals surface area (Å²) in [6.07, 6.45) is 5.45. The number of ether oxygens (including phenoxy) is 1. The van der Waals surface area contributed by atoms with Crippen LogP contribution in [0, 0.1) is 0 Å². The molecule has 0 aliphatic carbocycles. The van der Waals surface area contributed by atoms with Crippen LogP contribution in [0.15, 0.2) is 65.8 Å². The summed E-state index contributed by atoms with van der Waals surface area (Å²) in [6, 6.07) is 15.1. The van der Waals surface area contributed by atoms with Crippen LogP contribution in [0.25, 0.3) is 22.2 Å². The average Bonchev–Trinajstić information content (AvgIpc) is 3.16. The number of benzene rings is 2. The molecule has 7 heteroatoms. The predicted octanol–water partition coefficient (Wildman–Crippen LogP) is 3.75. The van der Waals surface area contributed by atoms with Crippen molar-refractivity contribution in [2.75, 3.05) is 12.9 Å². The Bertz CT molecular complexity index is 1310. The maximum Gasteiger partial charge on any atom is 0.175 e. The van der Waals surface area contributed by atoms with Gasteiger partial charge < -0.3 is 9.72 Å². The Morgan fingerprint density at radius 1 is 1.03 bits per heavy atom. The van der Waals surface area contributed by atoms with E-state index in [1.165, 1.54) is 6.26 Å². The number of H-pyrrole nitrogens is 1. The van der Waals surface area contributed by atoms with Gasteiger partial charge in [0.05, 0.1) is 28.5 Å². The van der Waals surface area contributed by atoms with Crippen molar-refractivity contribution in [3.63, 3.8) is 0 Å². The average molecular weight is 405 g/mol. The van der Waals surface area contributed by atoms with Gasteiger partial charge >= 0.3 is 0 Å². The first-order chi connectivity index (χ1) is 14.0. The molecule has 1 N–H and O–H groups in total. The summed E-state index contributed by atoms with van der Waals surface area (Å²) in [6.45, 7) is 0.502. The van der Waals surface area contributed by atoms with E-state index in [2.05, 4.69) is 16.0 Å². The summed E-state index contributed by atoms with van der Waals surface area (Å²) in [4.78, 5) is 12.6. The lowest BCUT2D eigenvalue weighted by molar-refractivity contribution is 0.258. The van der Waals surface area contributed by atoms with Gasteiger partial charge in [-0.3, -0.25) is 4.98 Å². The van der Waals surface area contributed by atoms with Gasteiger partial charge in [-0.1, -0.05) is 6.07 Å². The molecule has 0 bridgehead atoms. The minimum atomic E-state index is -3.25. The number of hydrogen-bond acceptors (Lipinski definition) is 5. The Kier molecular flexibility index (Phi) is 4.13. The van der Waals surface area contributed by atoms with Crippen molar-refractivity contribution < 1.29 is 13.2 Å². The summed E-state index contributed by atoms with van der Waals surface area (Å²) in [5, 5.41) is 0. The molecule has 5 rings (SSSR count). The van der Waals surface area contributed by atoms with Crippen LogP contribution in [0.5, 0.6) is 5.75 Å². The number of nitrogens with one attached hydrogen (secondary N) is 1. The molecule has 1 atom stereocenters. The standard InChI is InChI=1S/C22H19N3O3S/c1-29(26,27)18-3-5-21-16(11-18)10-17(13-28-21)22-24-19-4-2-15(12-20(19)25-22)14-6-8-23-9-7-14/h2-9,11-12,17H,10,13H2,1H3,(H,24,25). The minimum Gasteiger partial charge on any atom is -0.493 e. The smallest absolute Gasteiger partial charge is 0.175 e. The first-order valence-corrected chi connectivity index (χ1v) is 11.2. The molecule has 0 radical (unpaired) electrons. The van der Waals surface area contributed by atoms with E-state index < -0.39 is 9.84 Å². The Labute approximate surface area is 168 Å². The molecule has 1 unspecified atom stereocenters. The zero-order valence-electron chi connectivity index (χ0n) is 15.8. The highest BCUT2D eigenvalue weighted by molar-refractivity contribution is 7.90. The van der Waals surface area contributed by atoms with E-state index in [9.17, 15) is 8.42 Å². The molecular weight excluding hydrogens is 386 g/mol. The highest BCUT2D eigenvalue weighted by Gasteiger charge is 2.25. The lowest BCUT2D eigenvalue weighted by atomic mass is 9.96. The fourth-order valence-electron chi connectivity index (χ4n) is 3.72. The molecule has 1 aliphatic rings. The van der Waals surface area contributed by atoms with Crippen molar-refractivity contribution in [3.05, 3.63) is 72.3 Å². The zero-order valence-corrected chi connectivity index (χ0v) is 16.6. The number of sulfone groups is 1. The van der Waals surface area contributed by atoms with Gasteiger partial charge in [0, 0.05) is 18.6 Å². The summed E-state index contributed by atoms with van der Waals surface area (Å²) in [7, 11) is -3.25. The third-order valence-corrected chi connectivity index (χ3v) is 6.38. The molecule has 0 spiro atoms. The van der Waals surface area contributed by atoms with Crippen molar-refractivity contribution in [1.29, 1.82) is 0 Å². The molecule has 0 saturated carbocycles. The van der Waals surface area contributed by atoms with Crippen molar-refractivity contribution in [3.8, 4) is 16.9 Å². The Balaban J connectivity index is 1.47. The van der Waals surface area contributed by atoms with E-state index >= 15 is 0 Å². The third-order valence-electron chi connectivity index (χ3n) is 5.27. The number of pyridine rings is 1. The van der Waals surface area contributed by atoms with E-state index in [-0.39, 0.29) is 5.92 Å². The van der Waals surface area contributed by atoms with Crippen molar-refractivity contribution in [2.24, 2.45) is 0 Å². The van der Waals surface area contributed by atoms with E-state index in [1.54, 1.807) is 30.6 Å². The van der Waals surface area contributed by atoms with Crippen LogP contribution in [-0.2, 0) is 16.3 Å². The van der Waals surface area contributed by atoms with Crippen LogP contribution in [0.3, 0.4) is 0 Å². The molecule has 4 aromatic rings. The van der Waals surface area contributed by atoms with E-state index in [1.807, 2.05) is 24.3 Å². The highest BCUT2D eigenvalue weighted by atomic mass is 32.2. The summed E-state index contributed by atoms with van der Waals surface area (Å²) < 4.78 is 29.6. The molecule has 2 aromatic heterocycles. The summed E-state index contributed by atoms with van der Waals surface area (Å²) in [5.74, 6) is 1.63. The van der Waals surface area contributed by atoms with Gasteiger partial charge in [-0.25, -0.2) is 13.4 Å². The number of fused-ring (bicyclic) bond motifs is 2. The monoisotopic (exact) mass is 405 g/mol. The second-order valence-corrected chi connectivity index (χ2v) is 9.36. The molecule has 3 heterocycles. The summed E-state index contributed by atoms with van der Waals surface area (Å²) >= 11 is 0. The number of aromatic amines is 1. The van der Waals surface area contributed by atoms with Crippen molar-refractivity contribution >= 4 is 20.9 Å². The van der Waals surface area contributed by atoms with Gasteiger partial charge in [0.1, 0.15) is 11.6 Å². The fraction of sp³-hybridized carbons (Fsp3) is 0.182. The largest absolute Gasteiger partial charge is 0.493 e. The van der Waals surface area contributed by atoms with Crippen LogP contribution in [0.2, 0.25) is 0 Å². The number of aromatic nitrogens is 3. The number of rotatable bonds is 3. The minimum absolute atomic E-state index is 0.0362. The Hall–Kier alpha value is -3.19. The van der Waals surface area contributed by atoms with Gasteiger partial charge in [0.2, 0.25) is 0 Å². The zero-order chi connectivity index (χ0) is 20.0. The Morgan fingerprint density at radius 3 is 2.66 bits per heavy atom. The van der Waals surface area contributed by atoms with Gasteiger partial charge in [0.15, 0.2) is 9.84 Å². The molecule has 0 fully saturated rings. The normalized spacial score (nSPS) is 16.4.